The second kappa shape index (κ2) is 9.43. The predicted octanol–water partition coefficient (Wildman–Crippen LogP) is 1.63. The van der Waals surface area contributed by atoms with Crippen LogP contribution >= 0.6 is 0 Å². The molecule has 0 radical (unpaired) electrons. The van der Waals surface area contributed by atoms with Crippen LogP contribution in [0.25, 0.3) is 0 Å². The quantitative estimate of drug-likeness (QED) is 0.581. The normalized spacial score (nSPS) is 15.3. The molecule has 0 spiro atoms. The number of hydrogen-bond acceptors (Lipinski definition) is 8. The van der Waals surface area contributed by atoms with Crippen LogP contribution in [0.15, 0.2) is 41.3 Å². The smallest absolute Gasteiger partial charge is 0.262 e. The van der Waals surface area contributed by atoms with E-state index in [1.54, 1.807) is 18.2 Å². The van der Waals surface area contributed by atoms with Crippen molar-refractivity contribution in [2.75, 3.05) is 68.0 Å². The molecule has 1 aliphatic rings. The number of nitrogens with one attached hydrogen (secondary N) is 2. The van der Waals surface area contributed by atoms with Crippen molar-refractivity contribution in [3.63, 3.8) is 0 Å². The molecule has 0 amide bonds. The highest BCUT2D eigenvalue weighted by Gasteiger charge is 2.21. The average Bonchev–Trinajstić information content (AvgIpc) is 2.73. The summed E-state index contributed by atoms with van der Waals surface area (Å²) in [5.41, 5.74) is 1.06. The van der Waals surface area contributed by atoms with Crippen LogP contribution in [-0.4, -0.2) is 75.4 Å². The Hall–Kier alpha value is -2.70. The maximum absolute atomic E-state index is 13.0. The highest BCUT2D eigenvalue weighted by Crippen LogP contribution is 2.33. The van der Waals surface area contributed by atoms with E-state index in [0.29, 0.717) is 5.75 Å². The summed E-state index contributed by atoms with van der Waals surface area (Å²) in [7, 11) is -2.77. The van der Waals surface area contributed by atoms with E-state index in [9.17, 15) is 16.8 Å². The van der Waals surface area contributed by atoms with Gasteiger partial charge in [-0.25, -0.2) is 16.8 Å². The van der Waals surface area contributed by atoms with E-state index in [1.165, 1.54) is 32.4 Å². The molecular weight excluding hydrogens is 456 g/mol. The van der Waals surface area contributed by atoms with E-state index in [0.717, 1.165) is 38.1 Å². The number of likely N-dealkylation sites (N-methyl/N-ethyl adjacent to an activating group) is 1. The van der Waals surface area contributed by atoms with Crippen molar-refractivity contribution in [3.8, 4) is 11.5 Å². The van der Waals surface area contributed by atoms with E-state index in [4.69, 9.17) is 9.47 Å². The zero-order valence-electron chi connectivity index (χ0n) is 18.5. The molecule has 1 fully saturated rings. The summed E-state index contributed by atoms with van der Waals surface area (Å²) in [6, 6.07) is 9.17. The Bertz CT molecular complexity index is 1180. The van der Waals surface area contributed by atoms with E-state index < -0.39 is 20.0 Å². The lowest BCUT2D eigenvalue weighted by Crippen LogP contribution is -2.44. The standard InChI is InChI=1S/C20H28N4O6S2/c1-23-9-11-24(12-10-23)15-5-7-17(18(13-15)21-31(4,25)26)22-32(27,28)16-6-8-19(29-2)20(14-16)30-3/h5-8,13-14,21-22H,9-12H2,1-4H3. The van der Waals surface area contributed by atoms with Gasteiger partial charge >= 0.3 is 0 Å². The first-order valence-electron chi connectivity index (χ1n) is 9.82. The van der Waals surface area contributed by atoms with E-state index >= 15 is 0 Å². The van der Waals surface area contributed by atoms with Crippen LogP contribution in [0, 0.1) is 0 Å². The molecule has 2 aromatic carbocycles. The minimum absolute atomic E-state index is 0.0522. The maximum atomic E-state index is 13.0. The van der Waals surface area contributed by atoms with Crippen molar-refractivity contribution in [2.24, 2.45) is 0 Å². The zero-order chi connectivity index (χ0) is 23.5. The summed E-state index contributed by atoms with van der Waals surface area (Å²) >= 11 is 0. The van der Waals surface area contributed by atoms with Crippen LogP contribution in [0.4, 0.5) is 17.1 Å². The molecule has 0 saturated carbocycles. The van der Waals surface area contributed by atoms with Gasteiger partial charge < -0.3 is 19.3 Å². The van der Waals surface area contributed by atoms with Gasteiger partial charge in [0.1, 0.15) is 0 Å². The Morgan fingerprint density at radius 1 is 0.812 bits per heavy atom. The lowest BCUT2D eigenvalue weighted by Gasteiger charge is -2.34. The Kier molecular flexibility index (Phi) is 7.06. The zero-order valence-corrected chi connectivity index (χ0v) is 20.1. The van der Waals surface area contributed by atoms with E-state index in [-0.39, 0.29) is 22.0 Å². The molecule has 176 valence electrons. The van der Waals surface area contributed by atoms with Crippen molar-refractivity contribution in [1.29, 1.82) is 0 Å². The number of sulfonamides is 2. The first kappa shape index (κ1) is 24.0. The van der Waals surface area contributed by atoms with Gasteiger partial charge in [-0.1, -0.05) is 0 Å². The summed E-state index contributed by atoms with van der Waals surface area (Å²) in [5, 5.41) is 0. The van der Waals surface area contributed by atoms with Crippen molar-refractivity contribution in [1.82, 2.24) is 4.90 Å². The number of rotatable bonds is 8. The number of benzene rings is 2. The van der Waals surface area contributed by atoms with Gasteiger partial charge in [0.2, 0.25) is 10.0 Å². The maximum Gasteiger partial charge on any atom is 0.262 e. The van der Waals surface area contributed by atoms with Crippen molar-refractivity contribution in [3.05, 3.63) is 36.4 Å². The molecule has 1 aliphatic heterocycles. The van der Waals surface area contributed by atoms with Crippen LogP contribution in [0.3, 0.4) is 0 Å². The average molecular weight is 485 g/mol. The molecule has 10 nitrogen and oxygen atoms in total. The lowest BCUT2D eigenvalue weighted by atomic mass is 10.2. The minimum atomic E-state index is -4.03. The summed E-state index contributed by atoms with van der Waals surface area (Å²) in [6.45, 7) is 3.32. The fraction of sp³-hybridized carbons (Fsp3) is 0.400. The summed E-state index contributed by atoms with van der Waals surface area (Å²) in [6.07, 6.45) is 1.02. The Balaban J connectivity index is 1.95. The fourth-order valence-corrected chi connectivity index (χ4v) is 5.02. The summed E-state index contributed by atoms with van der Waals surface area (Å²) < 4.78 is 65.1. The van der Waals surface area contributed by atoms with Crippen LogP contribution in [0.1, 0.15) is 0 Å². The van der Waals surface area contributed by atoms with Gasteiger partial charge in [0.15, 0.2) is 11.5 Å². The van der Waals surface area contributed by atoms with Gasteiger partial charge in [-0.2, -0.15) is 0 Å². The Morgan fingerprint density at radius 2 is 1.47 bits per heavy atom. The molecule has 0 unspecified atom stereocenters. The third-order valence-electron chi connectivity index (χ3n) is 5.08. The lowest BCUT2D eigenvalue weighted by molar-refractivity contribution is 0.313. The molecule has 2 N–H and O–H groups in total. The van der Waals surface area contributed by atoms with Gasteiger partial charge in [-0.05, 0) is 37.4 Å². The highest BCUT2D eigenvalue weighted by atomic mass is 32.2. The largest absolute Gasteiger partial charge is 0.493 e. The van der Waals surface area contributed by atoms with Gasteiger partial charge in [-0.3, -0.25) is 9.44 Å². The fourth-order valence-electron chi connectivity index (χ4n) is 3.35. The van der Waals surface area contributed by atoms with Gasteiger partial charge in [0.05, 0.1) is 36.7 Å². The molecule has 0 aliphatic carbocycles. The van der Waals surface area contributed by atoms with Crippen LogP contribution in [0.2, 0.25) is 0 Å². The Labute approximate surface area is 189 Å². The number of hydrogen-bond donors (Lipinski definition) is 2. The number of piperazine rings is 1. The molecule has 32 heavy (non-hydrogen) atoms. The van der Waals surface area contributed by atoms with Crippen molar-refractivity contribution in [2.45, 2.75) is 4.90 Å². The van der Waals surface area contributed by atoms with Crippen molar-refractivity contribution < 1.29 is 26.3 Å². The predicted molar refractivity (Wildman–Crippen MR) is 125 cm³/mol. The third-order valence-corrected chi connectivity index (χ3v) is 7.03. The van der Waals surface area contributed by atoms with Crippen LogP contribution < -0.4 is 23.8 Å². The van der Waals surface area contributed by atoms with Crippen LogP contribution in [0.5, 0.6) is 11.5 Å². The van der Waals surface area contributed by atoms with Gasteiger partial charge in [-0.15, -0.1) is 0 Å². The molecule has 0 aromatic heterocycles. The highest BCUT2D eigenvalue weighted by molar-refractivity contribution is 7.93. The van der Waals surface area contributed by atoms with Gasteiger partial charge in [0.25, 0.3) is 10.0 Å². The molecule has 2 aromatic rings. The monoisotopic (exact) mass is 484 g/mol. The number of nitrogens with zero attached hydrogens (tertiary/aromatic N) is 2. The number of anilines is 3. The first-order chi connectivity index (χ1) is 15.0. The molecule has 12 heteroatoms. The van der Waals surface area contributed by atoms with Crippen LogP contribution in [-0.2, 0) is 20.0 Å². The topological polar surface area (TPSA) is 117 Å². The summed E-state index contributed by atoms with van der Waals surface area (Å²) in [4.78, 5) is 4.28. The molecular formula is C20H28N4O6S2. The van der Waals surface area contributed by atoms with Crippen molar-refractivity contribution >= 4 is 37.1 Å². The number of ether oxygens (including phenoxy) is 2. The Morgan fingerprint density at radius 3 is 2.06 bits per heavy atom. The second-order valence-corrected chi connectivity index (χ2v) is 10.9. The minimum Gasteiger partial charge on any atom is -0.493 e. The molecule has 0 atom stereocenters. The third kappa shape index (κ3) is 5.75. The SMILES string of the molecule is COc1ccc(S(=O)(=O)Nc2ccc(N3CCN(C)CC3)cc2NS(C)(=O)=O)cc1OC. The number of methoxy groups -OCH3 is 2. The van der Waals surface area contributed by atoms with E-state index in [1.807, 2.05) is 7.05 Å². The van der Waals surface area contributed by atoms with E-state index in [2.05, 4.69) is 19.2 Å². The molecule has 1 saturated heterocycles. The van der Waals surface area contributed by atoms with Gasteiger partial charge in [0, 0.05) is 37.9 Å². The molecule has 1 heterocycles. The molecule has 3 rings (SSSR count). The molecule has 0 bridgehead atoms. The summed E-state index contributed by atoms with van der Waals surface area (Å²) in [5.74, 6) is 0.651. The first-order valence-corrected chi connectivity index (χ1v) is 13.2. The second-order valence-electron chi connectivity index (χ2n) is 7.52.